The van der Waals surface area contributed by atoms with Gasteiger partial charge in [0.1, 0.15) is 6.29 Å². The summed E-state index contributed by atoms with van der Waals surface area (Å²) in [4.78, 5) is 10.8. The van der Waals surface area contributed by atoms with Gasteiger partial charge in [-0.05, 0) is 12.5 Å². The third-order valence-corrected chi connectivity index (χ3v) is 2.22. The van der Waals surface area contributed by atoms with E-state index < -0.39 is 0 Å². The van der Waals surface area contributed by atoms with E-state index in [0.717, 1.165) is 11.8 Å². The van der Waals surface area contributed by atoms with Crippen LogP contribution in [0.3, 0.4) is 0 Å². The van der Waals surface area contributed by atoms with Crippen LogP contribution in [0.1, 0.15) is 28.9 Å². The van der Waals surface area contributed by atoms with E-state index in [-0.39, 0.29) is 6.10 Å². The van der Waals surface area contributed by atoms with Gasteiger partial charge in [0.25, 0.3) is 0 Å². The largest absolute Gasteiger partial charge is 0.382 e. The van der Waals surface area contributed by atoms with E-state index in [1.807, 2.05) is 25.1 Å². The van der Waals surface area contributed by atoms with E-state index in [4.69, 9.17) is 9.47 Å². The molecule has 0 N–H and O–H groups in total. The van der Waals surface area contributed by atoms with Crippen LogP contribution in [-0.2, 0) is 9.47 Å². The summed E-state index contributed by atoms with van der Waals surface area (Å²) in [5.41, 5.74) is 1.60. The Balaban J connectivity index is 2.63. The summed E-state index contributed by atoms with van der Waals surface area (Å²) in [7, 11) is 1.63. The zero-order chi connectivity index (χ0) is 11.1. The SMILES string of the molecule is COCCOC(C)c1ccccc1C=O. The molecule has 0 amide bonds. The predicted octanol–water partition coefficient (Wildman–Crippen LogP) is 2.22. The molecular weight excluding hydrogens is 192 g/mol. The average molecular weight is 208 g/mol. The molecule has 0 aliphatic heterocycles. The fourth-order valence-corrected chi connectivity index (χ4v) is 1.39. The van der Waals surface area contributed by atoms with Crippen molar-refractivity contribution in [1.29, 1.82) is 0 Å². The Morgan fingerprint density at radius 2 is 2.07 bits per heavy atom. The van der Waals surface area contributed by atoms with Crippen LogP contribution in [0.5, 0.6) is 0 Å². The number of rotatable bonds is 6. The molecule has 15 heavy (non-hydrogen) atoms. The number of benzene rings is 1. The van der Waals surface area contributed by atoms with Crippen LogP contribution >= 0.6 is 0 Å². The predicted molar refractivity (Wildman–Crippen MR) is 58.1 cm³/mol. The highest BCUT2D eigenvalue weighted by molar-refractivity contribution is 5.77. The van der Waals surface area contributed by atoms with Crippen LogP contribution in [0, 0.1) is 0 Å². The molecule has 0 fully saturated rings. The molecule has 3 heteroatoms. The van der Waals surface area contributed by atoms with Gasteiger partial charge in [0, 0.05) is 12.7 Å². The summed E-state index contributed by atoms with van der Waals surface area (Å²) < 4.78 is 10.4. The smallest absolute Gasteiger partial charge is 0.150 e. The first-order valence-electron chi connectivity index (χ1n) is 4.94. The van der Waals surface area contributed by atoms with Crippen molar-refractivity contribution in [2.75, 3.05) is 20.3 Å². The second kappa shape index (κ2) is 6.32. The number of carbonyl (C=O) groups is 1. The number of hydrogen-bond acceptors (Lipinski definition) is 3. The van der Waals surface area contributed by atoms with Crippen LogP contribution in [0.4, 0.5) is 0 Å². The molecule has 0 saturated carbocycles. The second-order valence-corrected chi connectivity index (χ2v) is 3.25. The summed E-state index contributed by atoms with van der Waals surface area (Å²) in [6, 6.07) is 7.44. The first-order chi connectivity index (χ1) is 7.29. The molecule has 0 saturated heterocycles. The van der Waals surface area contributed by atoms with Gasteiger partial charge in [-0.1, -0.05) is 24.3 Å². The van der Waals surface area contributed by atoms with Gasteiger partial charge in [-0.3, -0.25) is 4.79 Å². The van der Waals surface area contributed by atoms with Gasteiger partial charge in [-0.25, -0.2) is 0 Å². The molecule has 0 aromatic heterocycles. The minimum absolute atomic E-state index is 0.0819. The van der Waals surface area contributed by atoms with Gasteiger partial charge < -0.3 is 9.47 Å². The number of hydrogen-bond donors (Lipinski definition) is 0. The summed E-state index contributed by atoms with van der Waals surface area (Å²) >= 11 is 0. The molecule has 0 aliphatic carbocycles. The van der Waals surface area contributed by atoms with E-state index in [0.29, 0.717) is 18.8 Å². The van der Waals surface area contributed by atoms with E-state index >= 15 is 0 Å². The zero-order valence-corrected chi connectivity index (χ0v) is 9.10. The molecule has 0 radical (unpaired) electrons. The van der Waals surface area contributed by atoms with Gasteiger partial charge in [0.2, 0.25) is 0 Å². The Morgan fingerprint density at radius 3 is 2.73 bits per heavy atom. The number of carbonyl (C=O) groups excluding carboxylic acids is 1. The Hall–Kier alpha value is -1.19. The monoisotopic (exact) mass is 208 g/mol. The van der Waals surface area contributed by atoms with Gasteiger partial charge >= 0.3 is 0 Å². The van der Waals surface area contributed by atoms with Crippen LogP contribution in [0.25, 0.3) is 0 Å². The van der Waals surface area contributed by atoms with Crippen molar-refractivity contribution in [3.05, 3.63) is 35.4 Å². The Labute approximate surface area is 90.0 Å². The lowest BCUT2D eigenvalue weighted by atomic mass is 10.0. The van der Waals surface area contributed by atoms with Crippen LogP contribution in [0.2, 0.25) is 0 Å². The maximum absolute atomic E-state index is 10.8. The quantitative estimate of drug-likeness (QED) is 0.531. The van der Waals surface area contributed by atoms with Crippen molar-refractivity contribution in [3.63, 3.8) is 0 Å². The van der Waals surface area contributed by atoms with E-state index in [1.54, 1.807) is 13.2 Å². The van der Waals surface area contributed by atoms with E-state index in [9.17, 15) is 4.79 Å². The molecule has 1 atom stereocenters. The lowest BCUT2D eigenvalue weighted by Crippen LogP contribution is -2.07. The third-order valence-electron chi connectivity index (χ3n) is 2.22. The van der Waals surface area contributed by atoms with Crippen molar-refractivity contribution in [3.8, 4) is 0 Å². The van der Waals surface area contributed by atoms with Crippen molar-refractivity contribution in [2.24, 2.45) is 0 Å². The highest BCUT2D eigenvalue weighted by Gasteiger charge is 2.09. The van der Waals surface area contributed by atoms with Crippen molar-refractivity contribution in [2.45, 2.75) is 13.0 Å². The molecule has 0 bridgehead atoms. The standard InChI is InChI=1S/C12H16O3/c1-10(15-8-7-14-2)12-6-4-3-5-11(12)9-13/h3-6,9-10H,7-8H2,1-2H3. The normalized spacial score (nSPS) is 12.4. The van der Waals surface area contributed by atoms with Crippen LogP contribution in [0.15, 0.2) is 24.3 Å². The lowest BCUT2D eigenvalue weighted by molar-refractivity contribution is 0.0253. The second-order valence-electron chi connectivity index (χ2n) is 3.25. The molecule has 1 aromatic rings. The summed E-state index contributed by atoms with van der Waals surface area (Å²) in [5.74, 6) is 0. The maximum Gasteiger partial charge on any atom is 0.150 e. The Bertz CT molecular complexity index is 309. The highest BCUT2D eigenvalue weighted by Crippen LogP contribution is 2.19. The van der Waals surface area contributed by atoms with E-state index in [2.05, 4.69) is 0 Å². The highest BCUT2D eigenvalue weighted by atomic mass is 16.5. The number of aldehydes is 1. The van der Waals surface area contributed by atoms with Gasteiger partial charge in [-0.2, -0.15) is 0 Å². The van der Waals surface area contributed by atoms with Gasteiger partial charge in [-0.15, -0.1) is 0 Å². The fourth-order valence-electron chi connectivity index (χ4n) is 1.39. The summed E-state index contributed by atoms with van der Waals surface area (Å²) in [5, 5.41) is 0. The Morgan fingerprint density at radius 1 is 1.33 bits per heavy atom. The molecule has 1 unspecified atom stereocenters. The average Bonchev–Trinajstić information content (AvgIpc) is 2.29. The van der Waals surface area contributed by atoms with Crippen LogP contribution < -0.4 is 0 Å². The number of ether oxygens (including phenoxy) is 2. The first kappa shape index (κ1) is 11.9. The minimum atomic E-state index is -0.0819. The number of methoxy groups -OCH3 is 1. The maximum atomic E-state index is 10.8. The summed E-state index contributed by atoms with van der Waals surface area (Å²) in [6.45, 7) is 3.02. The molecule has 1 rings (SSSR count). The molecule has 0 heterocycles. The fraction of sp³-hybridized carbons (Fsp3) is 0.417. The Kier molecular flexibility index (Phi) is 5.01. The van der Waals surface area contributed by atoms with Gasteiger partial charge in [0.15, 0.2) is 0 Å². The van der Waals surface area contributed by atoms with Crippen molar-refractivity contribution in [1.82, 2.24) is 0 Å². The topological polar surface area (TPSA) is 35.5 Å². The minimum Gasteiger partial charge on any atom is -0.382 e. The molecule has 0 spiro atoms. The molecule has 1 aromatic carbocycles. The summed E-state index contributed by atoms with van der Waals surface area (Å²) in [6.07, 6.45) is 0.771. The van der Waals surface area contributed by atoms with Crippen LogP contribution in [-0.4, -0.2) is 26.6 Å². The van der Waals surface area contributed by atoms with Gasteiger partial charge in [0.05, 0.1) is 19.3 Å². The van der Waals surface area contributed by atoms with Crippen molar-refractivity contribution >= 4 is 6.29 Å². The van der Waals surface area contributed by atoms with E-state index in [1.165, 1.54) is 0 Å². The zero-order valence-electron chi connectivity index (χ0n) is 9.10. The molecule has 0 aliphatic rings. The third kappa shape index (κ3) is 3.46. The molecule has 3 nitrogen and oxygen atoms in total. The lowest BCUT2D eigenvalue weighted by Gasteiger charge is -2.14. The molecular formula is C12H16O3. The molecule has 82 valence electrons. The first-order valence-corrected chi connectivity index (χ1v) is 4.94. The van der Waals surface area contributed by atoms with Crippen molar-refractivity contribution < 1.29 is 14.3 Å².